The van der Waals surface area contributed by atoms with Gasteiger partial charge in [0, 0.05) is 18.1 Å². The number of nitro benzene ring substituents is 1. The summed E-state index contributed by atoms with van der Waals surface area (Å²) >= 11 is 0. The van der Waals surface area contributed by atoms with Gasteiger partial charge in [-0.2, -0.15) is 0 Å². The molecule has 38 heavy (non-hydrogen) atoms. The third kappa shape index (κ3) is 2.70. The average Bonchev–Trinajstić information content (AvgIpc) is 3.23. The summed E-state index contributed by atoms with van der Waals surface area (Å²) in [4.78, 5) is 52.9. The van der Waals surface area contributed by atoms with Gasteiger partial charge in [0.1, 0.15) is 6.29 Å². The number of imide groups is 1. The van der Waals surface area contributed by atoms with Gasteiger partial charge in [-0.3, -0.25) is 19.7 Å². The second kappa shape index (κ2) is 7.79. The van der Waals surface area contributed by atoms with E-state index in [2.05, 4.69) is 0 Å². The number of amides is 2. The fourth-order valence-corrected chi connectivity index (χ4v) is 6.86. The highest BCUT2D eigenvalue weighted by Crippen LogP contribution is 2.63. The van der Waals surface area contributed by atoms with Gasteiger partial charge in [0.2, 0.25) is 11.8 Å². The van der Waals surface area contributed by atoms with Gasteiger partial charge in [-0.1, -0.05) is 60.7 Å². The molecule has 2 atom stereocenters. The number of nitrogens with zero attached hydrogens (tertiary/aromatic N) is 2. The topological polar surface area (TPSA) is 97.6 Å². The Balaban J connectivity index is 1.32. The van der Waals surface area contributed by atoms with E-state index in [-0.39, 0.29) is 23.4 Å². The molecule has 0 unspecified atom stereocenters. The summed E-state index contributed by atoms with van der Waals surface area (Å²) in [6, 6.07) is 28.5. The van der Waals surface area contributed by atoms with E-state index in [0.717, 1.165) is 39.7 Å². The standard InChI is InChI=1S/C31H20N2O5/c34-17-31-24-7-3-1-5-22(24)26(23-6-2-4-8-25(23)31)27-28(31)30(36)32(29(27)35)20-13-9-18(10-14-20)19-11-15-21(16-12-19)33(37)38/h1-17,26-28H/t26?,27-,28+,31?/m1/s1. The van der Waals surface area contributed by atoms with E-state index in [9.17, 15) is 24.5 Å². The number of anilines is 1. The molecule has 4 aliphatic rings. The Morgan fingerprint density at radius 3 is 1.79 bits per heavy atom. The lowest BCUT2D eigenvalue weighted by Crippen LogP contribution is -2.54. The minimum absolute atomic E-state index is 0.00182. The summed E-state index contributed by atoms with van der Waals surface area (Å²) in [6.45, 7) is 0. The van der Waals surface area contributed by atoms with Crippen molar-refractivity contribution in [1.82, 2.24) is 0 Å². The van der Waals surface area contributed by atoms with E-state index in [1.54, 1.807) is 36.4 Å². The molecule has 7 heteroatoms. The SMILES string of the molecule is O=CC12c3ccccc3C(c3ccccc31)[C@H]1C(=O)N(c3ccc(-c4ccc([N+](=O)[O-])cc4)cc3)C(=O)[C@H]12. The van der Waals surface area contributed by atoms with Crippen LogP contribution in [0.1, 0.15) is 28.2 Å². The molecule has 4 aromatic rings. The van der Waals surface area contributed by atoms with Crippen LogP contribution in [-0.2, 0) is 19.8 Å². The van der Waals surface area contributed by atoms with Crippen LogP contribution >= 0.6 is 0 Å². The van der Waals surface area contributed by atoms with Gasteiger partial charge in [-0.15, -0.1) is 0 Å². The van der Waals surface area contributed by atoms with E-state index >= 15 is 0 Å². The quantitative estimate of drug-likeness (QED) is 0.170. The molecule has 0 N–H and O–H groups in total. The second-order valence-electron chi connectivity index (χ2n) is 10.0. The van der Waals surface area contributed by atoms with Crippen LogP contribution in [-0.4, -0.2) is 23.0 Å². The van der Waals surface area contributed by atoms with Gasteiger partial charge < -0.3 is 4.79 Å². The molecule has 2 amide bonds. The molecule has 2 bridgehead atoms. The van der Waals surface area contributed by atoms with E-state index in [4.69, 9.17) is 0 Å². The highest BCUT2D eigenvalue weighted by atomic mass is 16.6. The van der Waals surface area contributed by atoms with Crippen molar-refractivity contribution in [3.8, 4) is 11.1 Å². The fourth-order valence-electron chi connectivity index (χ4n) is 6.86. The summed E-state index contributed by atoms with van der Waals surface area (Å²) in [5, 5.41) is 11.0. The summed E-state index contributed by atoms with van der Waals surface area (Å²) in [6.07, 6.45) is 0.865. The van der Waals surface area contributed by atoms with Crippen LogP contribution in [0.4, 0.5) is 11.4 Å². The molecule has 1 fully saturated rings. The Labute approximate surface area is 217 Å². The van der Waals surface area contributed by atoms with Crippen LogP contribution in [0.3, 0.4) is 0 Å². The van der Waals surface area contributed by atoms with E-state index in [1.807, 2.05) is 48.5 Å². The summed E-state index contributed by atoms with van der Waals surface area (Å²) < 4.78 is 0. The number of benzene rings is 4. The minimum Gasteiger partial charge on any atom is -0.302 e. The van der Waals surface area contributed by atoms with Crippen LogP contribution in [0.2, 0.25) is 0 Å². The maximum absolute atomic E-state index is 14.1. The molecule has 0 aromatic heterocycles. The molecule has 7 nitrogen and oxygen atoms in total. The first-order valence-electron chi connectivity index (χ1n) is 12.3. The zero-order chi connectivity index (χ0) is 26.2. The van der Waals surface area contributed by atoms with E-state index in [1.165, 1.54) is 17.0 Å². The highest BCUT2D eigenvalue weighted by Gasteiger charge is 2.68. The summed E-state index contributed by atoms with van der Waals surface area (Å²) in [5.74, 6) is -2.48. The third-order valence-corrected chi connectivity index (χ3v) is 8.41. The number of nitro groups is 1. The lowest BCUT2D eigenvalue weighted by atomic mass is 9.48. The smallest absolute Gasteiger partial charge is 0.269 e. The van der Waals surface area contributed by atoms with Crippen molar-refractivity contribution in [2.75, 3.05) is 4.90 Å². The van der Waals surface area contributed by atoms with Crippen molar-refractivity contribution in [1.29, 1.82) is 0 Å². The number of rotatable bonds is 4. The lowest BCUT2D eigenvalue weighted by molar-refractivity contribution is -0.384. The van der Waals surface area contributed by atoms with Gasteiger partial charge in [-0.05, 0) is 57.6 Å². The summed E-state index contributed by atoms with van der Waals surface area (Å²) in [7, 11) is 0. The molecule has 8 rings (SSSR count). The largest absolute Gasteiger partial charge is 0.302 e. The van der Waals surface area contributed by atoms with Crippen LogP contribution in [0.25, 0.3) is 11.1 Å². The van der Waals surface area contributed by atoms with Gasteiger partial charge in [0.15, 0.2) is 0 Å². The lowest BCUT2D eigenvalue weighted by Gasteiger charge is -2.51. The maximum Gasteiger partial charge on any atom is 0.269 e. The predicted molar refractivity (Wildman–Crippen MR) is 140 cm³/mol. The summed E-state index contributed by atoms with van der Waals surface area (Å²) in [5.41, 5.74) is 4.24. The number of hydrogen-bond donors (Lipinski definition) is 0. The molecular weight excluding hydrogens is 480 g/mol. The average molecular weight is 501 g/mol. The van der Waals surface area contributed by atoms with Crippen LogP contribution in [0.5, 0.6) is 0 Å². The Kier molecular flexibility index (Phi) is 4.57. The van der Waals surface area contributed by atoms with Crippen molar-refractivity contribution in [2.24, 2.45) is 11.8 Å². The van der Waals surface area contributed by atoms with Crippen molar-refractivity contribution in [3.63, 3.8) is 0 Å². The van der Waals surface area contributed by atoms with Gasteiger partial charge in [-0.25, -0.2) is 4.90 Å². The molecule has 184 valence electrons. The molecular formula is C31H20N2O5. The number of hydrogen-bond acceptors (Lipinski definition) is 5. The zero-order valence-corrected chi connectivity index (χ0v) is 20.0. The molecule has 1 aliphatic heterocycles. The van der Waals surface area contributed by atoms with Crippen molar-refractivity contribution in [2.45, 2.75) is 11.3 Å². The van der Waals surface area contributed by atoms with E-state index < -0.39 is 22.2 Å². The van der Waals surface area contributed by atoms with Crippen LogP contribution < -0.4 is 4.90 Å². The third-order valence-electron chi connectivity index (χ3n) is 8.41. The Hall–Kier alpha value is -4.91. The van der Waals surface area contributed by atoms with Crippen molar-refractivity contribution < 1.29 is 19.3 Å². The molecule has 4 aromatic carbocycles. The maximum atomic E-state index is 14.1. The first-order chi connectivity index (χ1) is 18.5. The Morgan fingerprint density at radius 1 is 0.737 bits per heavy atom. The first kappa shape index (κ1) is 22.3. The van der Waals surface area contributed by atoms with Crippen LogP contribution in [0, 0.1) is 22.0 Å². The molecule has 0 saturated carbocycles. The van der Waals surface area contributed by atoms with Gasteiger partial charge in [0.05, 0.1) is 27.9 Å². The molecule has 1 heterocycles. The Bertz CT molecular complexity index is 1630. The number of non-ortho nitro benzene ring substituents is 1. The number of carbonyl (C=O) groups excluding carboxylic acids is 3. The fraction of sp³-hybridized carbons (Fsp3) is 0.129. The zero-order valence-electron chi connectivity index (χ0n) is 20.0. The highest BCUT2D eigenvalue weighted by molar-refractivity contribution is 6.24. The molecule has 3 aliphatic carbocycles. The van der Waals surface area contributed by atoms with Crippen molar-refractivity contribution >= 4 is 29.5 Å². The minimum atomic E-state index is -1.23. The van der Waals surface area contributed by atoms with E-state index in [0.29, 0.717) is 5.69 Å². The van der Waals surface area contributed by atoms with Crippen molar-refractivity contribution in [3.05, 3.63) is 129 Å². The molecule has 0 spiro atoms. The first-order valence-corrected chi connectivity index (χ1v) is 12.3. The van der Waals surface area contributed by atoms with Gasteiger partial charge in [0.25, 0.3) is 5.69 Å². The predicted octanol–water partition coefficient (Wildman–Crippen LogP) is 5.01. The second-order valence-corrected chi connectivity index (χ2v) is 10.0. The number of aldehydes is 1. The molecule has 1 saturated heterocycles. The normalized spacial score (nSPS) is 24.5. The Morgan fingerprint density at radius 2 is 1.26 bits per heavy atom. The molecule has 0 radical (unpaired) electrons. The van der Waals surface area contributed by atoms with Crippen LogP contribution in [0.15, 0.2) is 97.1 Å². The van der Waals surface area contributed by atoms with Gasteiger partial charge >= 0.3 is 0 Å². The number of carbonyl (C=O) groups is 3. The monoisotopic (exact) mass is 500 g/mol.